The van der Waals surface area contributed by atoms with Crippen LogP contribution >= 0.6 is 19.9 Å². The SMILES string of the molecule is NC(=O)c1ccc[n+]([C@@H]2O[C@H](CO[P+](=O)O)[C@@H](O)[C@@H]2Cl)c1. The second-order valence-corrected chi connectivity index (χ2v) is 5.68. The predicted molar refractivity (Wildman–Crippen MR) is 70.5 cm³/mol. The van der Waals surface area contributed by atoms with E-state index in [1.165, 1.54) is 16.8 Å². The van der Waals surface area contributed by atoms with E-state index >= 15 is 0 Å². The lowest BCUT2D eigenvalue weighted by Gasteiger charge is -2.09. The Hall–Kier alpha value is -1.15. The average Bonchev–Trinajstić information content (AvgIpc) is 2.73. The highest BCUT2D eigenvalue weighted by molar-refractivity contribution is 7.32. The summed E-state index contributed by atoms with van der Waals surface area (Å²) in [6.07, 6.45) is 0.357. The number of aliphatic hydroxyl groups excluding tert-OH is 1. The van der Waals surface area contributed by atoms with Crippen LogP contribution in [0.5, 0.6) is 0 Å². The van der Waals surface area contributed by atoms with Gasteiger partial charge in [0, 0.05) is 10.6 Å². The van der Waals surface area contributed by atoms with E-state index in [0.717, 1.165) is 0 Å². The molecular formula is C11H14ClN2O6P+2. The Morgan fingerprint density at radius 2 is 2.33 bits per heavy atom. The highest BCUT2D eigenvalue weighted by atomic mass is 35.5. The van der Waals surface area contributed by atoms with Gasteiger partial charge in [-0.25, -0.2) is 0 Å². The molecule has 5 atom stereocenters. The summed E-state index contributed by atoms with van der Waals surface area (Å²) < 4.78 is 22.1. The molecule has 21 heavy (non-hydrogen) atoms. The Labute approximate surface area is 126 Å². The topological polar surface area (TPSA) is 123 Å². The molecular weight excluding hydrogens is 323 g/mol. The first-order valence-electron chi connectivity index (χ1n) is 5.97. The number of aromatic nitrogens is 1. The van der Waals surface area contributed by atoms with E-state index in [-0.39, 0.29) is 12.2 Å². The molecule has 1 unspecified atom stereocenters. The quantitative estimate of drug-likeness (QED) is 0.382. The van der Waals surface area contributed by atoms with E-state index < -0.39 is 38.0 Å². The van der Waals surface area contributed by atoms with E-state index in [0.29, 0.717) is 0 Å². The third-order valence-electron chi connectivity index (χ3n) is 3.04. The molecule has 1 amide bonds. The molecule has 1 aliphatic heterocycles. The fourth-order valence-electron chi connectivity index (χ4n) is 2.01. The van der Waals surface area contributed by atoms with Crippen molar-refractivity contribution in [2.45, 2.75) is 23.8 Å². The van der Waals surface area contributed by atoms with Crippen molar-refractivity contribution >= 4 is 25.8 Å². The van der Waals surface area contributed by atoms with Crippen LogP contribution in [0.4, 0.5) is 0 Å². The van der Waals surface area contributed by atoms with E-state index in [4.69, 9.17) is 27.0 Å². The molecule has 0 aromatic carbocycles. The number of carbonyl (C=O) groups is 1. The van der Waals surface area contributed by atoms with Crippen molar-refractivity contribution in [3.05, 3.63) is 30.1 Å². The highest BCUT2D eigenvalue weighted by Gasteiger charge is 2.49. The van der Waals surface area contributed by atoms with Crippen LogP contribution in [0.15, 0.2) is 24.5 Å². The van der Waals surface area contributed by atoms with Crippen LogP contribution in [0.3, 0.4) is 0 Å². The molecule has 2 heterocycles. The number of amides is 1. The van der Waals surface area contributed by atoms with E-state index in [2.05, 4.69) is 4.52 Å². The van der Waals surface area contributed by atoms with Crippen LogP contribution in [0.25, 0.3) is 0 Å². The Kier molecular flexibility index (Phi) is 5.21. The Balaban J connectivity index is 2.15. The molecule has 1 aliphatic rings. The van der Waals surface area contributed by atoms with Crippen LogP contribution < -0.4 is 10.3 Å². The summed E-state index contributed by atoms with van der Waals surface area (Å²) in [5.74, 6) is -0.605. The molecule has 1 aromatic heterocycles. The van der Waals surface area contributed by atoms with Gasteiger partial charge in [0.05, 0.1) is 0 Å². The minimum absolute atomic E-state index is 0.262. The Bertz CT molecular complexity index is 559. The van der Waals surface area contributed by atoms with Crippen molar-refractivity contribution in [2.75, 3.05) is 6.61 Å². The summed E-state index contributed by atoms with van der Waals surface area (Å²) in [6, 6.07) is 3.12. The lowest BCUT2D eigenvalue weighted by molar-refractivity contribution is -0.758. The minimum Gasteiger partial charge on any atom is -0.388 e. The maximum atomic E-state index is 11.2. The zero-order valence-electron chi connectivity index (χ0n) is 10.7. The summed E-state index contributed by atoms with van der Waals surface area (Å²) in [5, 5.41) is 9.15. The summed E-state index contributed by atoms with van der Waals surface area (Å²) in [7, 11) is -2.78. The zero-order valence-corrected chi connectivity index (χ0v) is 12.4. The van der Waals surface area contributed by atoms with Crippen LogP contribution in [-0.2, 0) is 13.8 Å². The molecule has 0 radical (unpaired) electrons. The van der Waals surface area contributed by atoms with Crippen molar-refractivity contribution in [3.8, 4) is 0 Å². The Morgan fingerprint density at radius 3 is 2.95 bits per heavy atom. The molecule has 2 rings (SSSR count). The highest BCUT2D eigenvalue weighted by Crippen LogP contribution is 2.31. The number of nitrogens with zero attached hydrogens (tertiary/aromatic N) is 1. The molecule has 1 saturated heterocycles. The fourth-order valence-corrected chi connectivity index (χ4v) is 2.64. The van der Waals surface area contributed by atoms with Crippen molar-refractivity contribution in [1.29, 1.82) is 0 Å². The summed E-state index contributed by atoms with van der Waals surface area (Å²) in [4.78, 5) is 19.8. The second kappa shape index (κ2) is 6.74. The van der Waals surface area contributed by atoms with Gasteiger partial charge in [-0.15, -0.1) is 21.0 Å². The van der Waals surface area contributed by atoms with Gasteiger partial charge >= 0.3 is 8.25 Å². The molecule has 8 nitrogen and oxygen atoms in total. The van der Waals surface area contributed by atoms with Gasteiger partial charge in [0.1, 0.15) is 24.4 Å². The lowest BCUT2D eigenvalue weighted by atomic mass is 10.2. The van der Waals surface area contributed by atoms with Crippen LogP contribution in [0.2, 0.25) is 0 Å². The molecule has 10 heteroatoms. The maximum absolute atomic E-state index is 11.2. The van der Waals surface area contributed by atoms with Gasteiger partial charge in [-0.1, -0.05) is 0 Å². The number of nitrogens with two attached hydrogens (primary N) is 1. The van der Waals surface area contributed by atoms with Gasteiger partial charge < -0.3 is 15.6 Å². The third-order valence-corrected chi connectivity index (χ3v) is 3.89. The summed E-state index contributed by atoms with van der Waals surface area (Å²) >= 11 is 6.10. The van der Waals surface area contributed by atoms with Gasteiger partial charge in [0.15, 0.2) is 17.8 Å². The molecule has 1 fully saturated rings. The van der Waals surface area contributed by atoms with E-state index in [1.807, 2.05) is 0 Å². The number of ether oxygens (including phenoxy) is 1. The number of rotatable bonds is 5. The largest absolute Gasteiger partial charge is 0.694 e. The first kappa shape index (κ1) is 16.2. The molecule has 4 N–H and O–H groups in total. The number of hydrogen-bond donors (Lipinski definition) is 3. The normalized spacial score (nSPS) is 29.4. The van der Waals surface area contributed by atoms with Gasteiger partial charge in [-0.2, -0.15) is 4.57 Å². The van der Waals surface area contributed by atoms with Crippen LogP contribution in [-0.4, -0.2) is 40.1 Å². The molecule has 1 aromatic rings. The number of hydrogen-bond acceptors (Lipinski definition) is 5. The molecule has 0 saturated carbocycles. The predicted octanol–water partition coefficient (Wildman–Crippen LogP) is -0.395. The van der Waals surface area contributed by atoms with Gasteiger partial charge in [-0.05, 0) is 6.07 Å². The van der Waals surface area contributed by atoms with Gasteiger partial charge in [0.25, 0.3) is 12.1 Å². The number of aliphatic hydroxyl groups is 1. The number of alkyl halides is 1. The molecule has 0 bridgehead atoms. The van der Waals surface area contributed by atoms with E-state index in [1.54, 1.807) is 12.3 Å². The fraction of sp³-hybridized carbons (Fsp3) is 0.455. The van der Waals surface area contributed by atoms with Crippen molar-refractivity contribution < 1.29 is 33.2 Å². The molecule has 114 valence electrons. The monoisotopic (exact) mass is 336 g/mol. The summed E-state index contributed by atoms with van der Waals surface area (Å²) in [6.45, 7) is -0.275. The van der Waals surface area contributed by atoms with Crippen molar-refractivity contribution in [3.63, 3.8) is 0 Å². The summed E-state index contributed by atoms with van der Waals surface area (Å²) in [5.41, 5.74) is 5.46. The number of primary amides is 1. The van der Waals surface area contributed by atoms with Crippen LogP contribution in [0, 0.1) is 0 Å². The van der Waals surface area contributed by atoms with Crippen LogP contribution in [0.1, 0.15) is 16.6 Å². The number of pyridine rings is 1. The lowest BCUT2D eigenvalue weighted by Crippen LogP contribution is -2.44. The number of carbonyl (C=O) groups excluding carboxylic acids is 1. The zero-order chi connectivity index (χ0) is 15.6. The standard InChI is InChI=1S/C11H12ClN2O6P/c12-8-9(15)7(5-19-21(17)18)20-11(8)14-3-1-2-6(4-14)10(13)16/h1-4,7-9,11,15H,5H2,(H-2,13,16,17,18)/p+2/t7-,8+,9-,11-/m1/s1. The van der Waals surface area contributed by atoms with Crippen molar-refractivity contribution in [1.82, 2.24) is 0 Å². The minimum atomic E-state index is -2.78. The van der Waals surface area contributed by atoms with Crippen molar-refractivity contribution in [2.24, 2.45) is 5.73 Å². The number of halogens is 1. The average molecular weight is 337 g/mol. The first-order chi connectivity index (χ1) is 9.90. The van der Waals surface area contributed by atoms with Gasteiger partial charge in [0.2, 0.25) is 0 Å². The second-order valence-electron chi connectivity index (χ2n) is 4.44. The maximum Gasteiger partial charge on any atom is 0.694 e. The molecule has 0 spiro atoms. The third kappa shape index (κ3) is 3.74. The Morgan fingerprint density at radius 1 is 1.62 bits per heavy atom. The van der Waals surface area contributed by atoms with E-state index in [9.17, 15) is 14.5 Å². The smallest absolute Gasteiger partial charge is 0.388 e. The molecule has 0 aliphatic carbocycles. The van der Waals surface area contributed by atoms with Gasteiger partial charge in [-0.3, -0.25) is 4.79 Å². The first-order valence-corrected chi connectivity index (χ1v) is 7.54.